The summed E-state index contributed by atoms with van der Waals surface area (Å²) in [6.07, 6.45) is 1.79. The fourth-order valence-electron chi connectivity index (χ4n) is 2.12. The van der Waals surface area contributed by atoms with E-state index in [1.807, 2.05) is 30.3 Å². The third-order valence-corrected chi connectivity index (χ3v) is 3.45. The molecule has 2 aromatic carbocycles. The van der Waals surface area contributed by atoms with Crippen LogP contribution in [-0.2, 0) is 6.54 Å². The summed E-state index contributed by atoms with van der Waals surface area (Å²) in [5.74, 6) is 0.0871. The van der Waals surface area contributed by atoms with Crippen LogP contribution in [0.15, 0.2) is 54.7 Å². The first-order valence-electron chi connectivity index (χ1n) is 6.29. The Morgan fingerprint density at radius 1 is 1.10 bits per heavy atom. The number of nitrogens with zero attached hydrogens (tertiary/aromatic N) is 1. The van der Waals surface area contributed by atoms with Gasteiger partial charge >= 0.3 is 0 Å². The Hall–Kier alpha value is -2.26. The van der Waals surface area contributed by atoms with E-state index in [0.29, 0.717) is 11.6 Å². The van der Waals surface area contributed by atoms with Crippen molar-refractivity contribution in [1.29, 1.82) is 0 Å². The molecule has 4 heteroatoms. The summed E-state index contributed by atoms with van der Waals surface area (Å²) in [5, 5.41) is 14.1. The van der Waals surface area contributed by atoms with Gasteiger partial charge in [0.2, 0.25) is 0 Å². The second kappa shape index (κ2) is 5.39. The number of benzene rings is 2. The van der Waals surface area contributed by atoms with Crippen molar-refractivity contribution in [2.45, 2.75) is 6.54 Å². The van der Waals surface area contributed by atoms with Gasteiger partial charge < -0.3 is 10.4 Å². The van der Waals surface area contributed by atoms with Gasteiger partial charge in [-0.05, 0) is 29.8 Å². The molecule has 2 N–H and O–H groups in total. The molecule has 0 aliphatic rings. The second-order valence-corrected chi connectivity index (χ2v) is 4.92. The maximum Gasteiger partial charge on any atom is 0.134 e. The Balaban J connectivity index is 1.85. The van der Waals surface area contributed by atoms with Crippen LogP contribution in [0.5, 0.6) is 5.75 Å². The third kappa shape index (κ3) is 2.53. The van der Waals surface area contributed by atoms with Crippen molar-refractivity contribution in [3.8, 4) is 5.75 Å². The number of phenols is 1. The molecule has 0 radical (unpaired) electrons. The number of fused-ring (bicyclic) bond motifs is 1. The summed E-state index contributed by atoms with van der Waals surface area (Å²) in [7, 11) is 0. The monoisotopic (exact) mass is 284 g/mol. The van der Waals surface area contributed by atoms with Crippen molar-refractivity contribution in [2.24, 2.45) is 0 Å². The first-order chi connectivity index (χ1) is 9.74. The zero-order valence-electron chi connectivity index (χ0n) is 10.7. The van der Waals surface area contributed by atoms with E-state index in [2.05, 4.69) is 10.3 Å². The van der Waals surface area contributed by atoms with E-state index in [9.17, 15) is 5.11 Å². The summed E-state index contributed by atoms with van der Waals surface area (Å²) in [6.45, 7) is 0.648. The van der Waals surface area contributed by atoms with Crippen molar-refractivity contribution >= 4 is 28.2 Å². The van der Waals surface area contributed by atoms with Gasteiger partial charge in [0.05, 0.1) is 10.5 Å². The highest BCUT2D eigenvalue weighted by atomic mass is 35.5. The topological polar surface area (TPSA) is 45.1 Å². The van der Waals surface area contributed by atoms with Crippen LogP contribution < -0.4 is 5.32 Å². The van der Waals surface area contributed by atoms with E-state index >= 15 is 0 Å². The zero-order chi connectivity index (χ0) is 13.9. The molecule has 3 aromatic rings. The molecule has 0 saturated carbocycles. The maximum absolute atomic E-state index is 9.40. The number of nitrogens with one attached hydrogen (secondary N) is 1. The molecule has 0 fully saturated rings. The second-order valence-electron chi connectivity index (χ2n) is 4.51. The smallest absolute Gasteiger partial charge is 0.134 e. The highest BCUT2D eigenvalue weighted by Gasteiger charge is 2.03. The van der Waals surface area contributed by atoms with Crippen LogP contribution in [0, 0.1) is 0 Å². The summed E-state index contributed by atoms with van der Waals surface area (Å²) in [5.41, 5.74) is 2.97. The van der Waals surface area contributed by atoms with Crippen LogP contribution in [0.25, 0.3) is 10.9 Å². The first-order valence-corrected chi connectivity index (χ1v) is 6.67. The Morgan fingerprint density at radius 2 is 1.95 bits per heavy atom. The maximum atomic E-state index is 9.40. The van der Waals surface area contributed by atoms with Crippen LogP contribution >= 0.6 is 11.6 Å². The van der Waals surface area contributed by atoms with Crippen molar-refractivity contribution in [3.63, 3.8) is 0 Å². The first kappa shape index (κ1) is 12.8. The van der Waals surface area contributed by atoms with Crippen molar-refractivity contribution in [3.05, 3.63) is 65.3 Å². The molecule has 0 atom stereocenters. The van der Waals surface area contributed by atoms with Gasteiger partial charge in [0.15, 0.2) is 0 Å². The van der Waals surface area contributed by atoms with Gasteiger partial charge in [-0.2, -0.15) is 0 Å². The number of anilines is 1. The molecule has 0 unspecified atom stereocenters. The SMILES string of the molecule is Oc1ccc(NCc2cccc3cccnc23)cc1Cl. The van der Waals surface area contributed by atoms with Crippen LogP contribution in [0.2, 0.25) is 5.02 Å². The normalized spacial score (nSPS) is 10.7. The van der Waals surface area contributed by atoms with Gasteiger partial charge in [-0.1, -0.05) is 35.9 Å². The Labute approximate surface area is 121 Å². The van der Waals surface area contributed by atoms with Crippen LogP contribution in [0.4, 0.5) is 5.69 Å². The molecule has 0 spiro atoms. The molecule has 0 aliphatic heterocycles. The van der Waals surface area contributed by atoms with Gasteiger partial charge in [0, 0.05) is 23.8 Å². The van der Waals surface area contributed by atoms with E-state index < -0.39 is 0 Å². The Morgan fingerprint density at radius 3 is 2.80 bits per heavy atom. The highest BCUT2D eigenvalue weighted by Crippen LogP contribution is 2.26. The molecular weight excluding hydrogens is 272 g/mol. The number of halogens is 1. The fourth-order valence-corrected chi connectivity index (χ4v) is 2.30. The number of hydrogen-bond acceptors (Lipinski definition) is 3. The number of aromatic nitrogens is 1. The lowest BCUT2D eigenvalue weighted by Crippen LogP contribution is -2.00. The zero-order valence-corrected chi connectivity index (χ0v) is 11.4. The van der Waals surface area contributed by atoms with Crippen molar-refractivity contribution < 1.29 is 5.11 Å². The minimum atomic E-state index is 0.0871. The minimum Gasteiger partial charge on any atom is -0.506 e. The minimum absolute atomic E-state index is 0.0871. The highest BCUT2D eigenvalue weighted by molar-refractivity contribution is 6.32. The van der Waals surface area contributed by atoms with E-state index in [1.54, 1.807) is 24.4 Å². The third-order valence-electron chi connectivity index (χ3n) is 3.15. The van der Waals surface area contributed by atoms with Crippen LogP contribution in [0.3, 0.4) is 0 Å². The standard InChI is InChI=1S/C16H13ClN2O/c17-14-9-13(6-7-15(14)20)19-10-12-4-1-3-11-5-2-8-18-16(11)12/h1-9,19-20H,10H2. The molecule has 0 amide bonds. The van der Waals surface area contributed by atoms with Crippen LogP contribution in [0.1, 0.15) is 5.56 Å². The average molecular weight is 285 g/mol. The van der Waals surface area contributed by atoms with Gasteiger partial charge in [-0.15, -0.1) is 0 Å². The van der Waals surface area contributed by atoms with E-state index in [0.717, 1.165) is 22.2 Å². The number of hydrogen-bond donors (Lipinski definition) is 2. The molecule has 0 bridgehead atoms. The summed E-state index contributed by atoms with van der Waals surface area (Å²) in [4.78, 5) is 4.42. The Kier molecular flexibility index (Phi) is 3.44. The van der Waals surface area contributed by atoms with Gasteiger partial charge in [-0.3, -0.25) is 4.98 Å². The largest absolute Gasteiger partial charge is 0.506 e. The number of para-hydroxylation sites is 1. The number of rotatable bonds is 3. The molecule has 20 heavy (non-hydrogen) atoms. The van der Waals surface area contributed by atoms with E-state index in [1.165, 1.54) is 0 Å². The molecular formula is C16H13ClN2O. The molecule has 1 heterocycles. The lowest BCUT2D eigenvalue weighted by Gasteiger charge is -2.09. The van der Waals surface area contributed by atoms with Gasteiger partial charge in [-0.25, -0.2) is 0 Å². The molecule has 100 valence electrons. The quantitative estimate of drug-likeness (QED) is 0.708. The molecule has 1 aromatic heterocycles. The molecule has 0 saturated heterocycles. The van der Waals surface area contributed by atoms with Crippen LogP contribution in [-0.4, -0.2) is 10.1 Å². The summed E-state index contributed by atoms with van der Waals surface area (Å²) < 4.78 is 0. The summed E-state index contributed by atoms with van der Waals surface area (Å²) in [6, 6.07) is 15.2. The van der Waals surface area contributed by atoms with Crippen molar-refractivity contribution in [1.82, 2.24) is 4.98 Å². The molecule has 3 rings (SSSR count). The average Bonchev–Trinajstić information content (AvgIpc) is 2.48. The van der Waals surface area contributed by atoms with E-state index in [4.69, 9.17) is 11.6 Å². The van der Waals surface area contributed by atoms with E-state index in [-0.39, 0.29) is 5.75 Å². The lowest BCUT2D eigenvalue weighted by atomic mass is 10.1. The lowest BCUT2D eigenvalue weighted by molar-refractivity contribution is 0.475. The number of phenolic OH excluding ortho intramolecular Hbond substituents is 1. The van der Waals surface area contributed by atoms with Crippen molar-refractivity contribution in [2.75, 3.05) is 5.32 Å². The Bertz CT molecular complexity index is 753. The predicted molar refractivity (Wildman–Crippen MR) is 82.2 cm³/mol. The number of aromatic hydroxyl groups is 1. The van der Waals surface area contributed by atoms with Gasteiger partial charge in [0.25, 0.3) is 0 Å². The molecule has 3 nitrogen and oxygen atoms in total. The van der Waals surface area contributed by atoms with Gasteiger partial charge in [0.1, 0.15) is 5.75 Å². The fraction of sp³-hybridized carbons (Fsp3) is 0.0625. The molecule has 0 aliphatic carbocycles. The predicted octanol–water partition coefficient (Wildman–Crippen LogP) is 4.21. The summed E-state index contributed by atoms with van der Waals surface area (Å²) >= 11 is 5.89. The number of pyridine rings is 1.